The maximum atomic E-state index is 13.0. The lowest BCUT2D eigenvalue weighted by atomic mass is 10.3. The summed E-state index contributed by atoms with van der Waals surface area (Å²) in [5, 5.41) is 6.96. The number of carbonyl (C=O) groups is 3. The first-order valence-electron chi connectivity index (χ1n) is 7.29. The molecule has 0 aliphatic rings. The van der Waals surface area contributed by atoms with Crippen molar-refractivity contribution in [3.8, 4) is 0 Å². The lowest BCUT2D eigenvalue weighted by Gasteiger charge is -2.10. The second-order valence-corrected chi connectivity index (χ2v) is 5.28. The average Bonchev–Trinajstić information content (AvgIpc) is 3.13. The number of halogens is 2. The summed E-state index contributed by atoms with van der Waals surface area (Å²) in [5.74, 6) is -0.725. The predicted octanol–water partition coefficient (Wildman–Crippen LogP) is 1.72. The molecule has 0 saturated carbocycles. The van der Waals surface area contributed by atoms with Crippen molar-refractivity contribution in [2.75, 3.05) is 11.9 Å². The smallest absolute Gasteiger partial charge is 0.337 e. The summed E-state index contributed by atoms with van der Waals surface area (Å²) in [4.78, 5) is 34.6. The fourth-order valence-corrected chi connectivity index (χ4v) is 1.89. The van der Waals surface area contributed by atoms with E-state index >= 15 is 0 Å². The third-order valence-electron chi connectivity index (χ3n) is 2.91. The second kappa shape index (κ2) is 9.28. The molecule has 0 aliphatic carbocycles. The first-order chi connectivity index (χ1) is 12.4. The predicted molar refractivity (Wildman–Crippen MR) is 90.7 cm³/mol. The molecule has 0 radical (unpaired) electrons. The Balaban J connectivity index is 1.63. The maximum Gasteiger partial charge on any atom is 0.337 e. The van der Waals surface area contributed by atoms with E-state index in [4.69, 9.17) is 16.0 Å². The molecular weight excluding hydrogens is 369 g/mol. The molecule has 0 saturated heterocycles. The fourth-order valence-electron chi connectivity index (χ4n) is 1.71. The van der Waals surface area contributed by atoms with E-state index in [-0.39, 0.29) is 23.8 Å². The standard InChI is InChI=1S/C15H15ClFN5O4/c16-11-6-9(3-4-12(11)17)20-15(25)22-21-13(23)8-19-14(24)18-7-10-2-1-5-26-10/h1-6H,7-8H2,(H,21,23)(H2,18,19,24)(H2,20,22,25). The highest BCUT2D eigenvalue weighted by molar-refractivity contribution is 6.31. The molecule has 0 spiro atoms. The van der Waals surface area contributed by atoms with Crippen LogP contribution in [0, 0.1) is 5.82 Å². The normalized spacial score (nSPS) is 9.92. The molecule has 26 heavy (non-hydrogen) atoms. The van der Waals surface area contributed by atoms with E-state index in [1.165, 1.54) is 18.4 Å². The summed E-state index contributed by atoms with van der Waals surface area (Å²) in [6, 6.07) is 5.60. The van der Waals surface area contributed by atoms with Gasteiger partial charge in [0, 0.05) is 5.69 Å². The Morgan fingerprint density at radius 1 is 1.08 bits per heavy atom. The summed E-state index contributed by atoms with van der Waals surface area (Å²) in [7, 11) is 0. The number of nitrogens with one attached hydrogen (secondary N) is 5. The van der Waals surface area contributed by atoms with Crippen molar-refractivity contribution in [1.82, 2.24) is 21.5 Å². The van der Waals surface area contributed by atoms with Gasteiger partial charge >= 0.3 is 12.1 Å². The topological polar surface area (TPSA) is 124 Å². The molecule has 0 aliphatic heterocycles. The minimum Gasteiger partial charge on any atom is -0.467 e. The molecule has 5 N–H and O–H groups in total. The number of furan rings is 1. The van der Waals surface area contributed by atoms with Gasteiger partial charge in [0.25, 0.3) is 5.91 Å². The van der Waals surface area contributed by atoms with Gasteiger partial charge in [-0.2, -0.15) is 0 Å². The van der Waals surface area contributed by atoms with E-state index in [9.17, 15) is 18.8 Å². The monoisotopic (exact) mass is 383 g/mol. The van der Waals surface area contributed by atoms with E-state index in [1.54, 1.807) is 12.1 Å². The Labute approximate surface area is 152 Å². The zero-order valence-corrected chi connectivity index (χ0v) is 14.0. The molecule has 0 atom stereocenters. The molecule has 9 nitrogen and oxygen atoms in total. The van der Waals surface area contributed by atoms with E-state index < -0.39 is 23.8 Å². The number of anilines is 1. The minimum atomic E-state index is -0.775. The van der Waals surface area contributed by atoms with E-state index in [2.05, 4.69) is 26.8 Å². The van der Waals surface area contributed by atoms with Crippen molar-refractivity contribution in [3.63, 3.8) is 0 Å². The lowest BCUT2D eigenvalue weighted by Crippen LogP contribution is -2.49. The molecule has 2 rings (SSSR count). The summed E-state index contributed by atoms with van der Waals surface area (Å²) in [6.45, 7) is -0.200. The Kier molecular flexibility index (Phi) is 6.80. The minimum absolute atomic E-state index is 0.156. The molecule has 1 aromatic heterocycles. The van der Waals surface area contributed by atoms with Crippen molar-refractivity contribution in [1.29, 1.82) is 0 Å². The van der Waals surface area contributed by atoms with Gasteiger partial charge in [-0.05, 0) is 30.3 Å². The van der Waals surface area contributed by atoms with Crippen LogP contribution < -0.4 is 26.8 Å². The number of hydrogen-bond donors (Lipinski definition) is 5. The number of urea groups is 2. The van der Waals surface area contributed by atoms with Crippen LogP contribution in [0.15, 0.2) is 41.0 Å². The number of hydrazine groups is 1. The summed E-state index contributed by atoms with van der Waals surface area (Å²) < 4.78 is 18.0. The van der Waals surface area contributed by atoms with Gasteiger partial charge in [0.05, 0.1) is 17.8 Å². The molecule has 1 heterocycles. The number of carbonyl (C=O) groups excluding carboxylic acids is 3. The molecule has 0 unspecified atom stereocenters. The van der Waals surface area contributed by atoms with Crippen LogP contribution in [0.3, 0.4) is 0 Å². The molecule has 1 aromatic carbocycles. The third-order valence-corrected chi connectivity index (χ3v) is 3.20. The van der Waals surface area contributed by atoms with Crippen LogP contribution in [-0.2, 0) is 11.3 Å². The summed E-state index contributed by atoms with van der Waals surface area (Å²) >= 11 is 5.59. The highest BCUT2D eigenvalue weighted by atomic mass is 35.5. The van der Waals surface area contributed by atoms with Crippen LogP contribution in [0.25, 0.3) is 0 Å². The summed E-state index contributed by atoms with van der Waals surface area (Å²) in [5.41, 5.74) is 4.39. The van der Waals surface area contributed by atoms with Crippen LogP contribution in [0.2, 0.25) is 5.02 Å². The van der Waals surface area contributed by atoms with Gasteiger partial charge in [-0.15, -0.1) is 0 Å². The third kappa shape index (κ3) is 6.32. The first-order valence-corrected chi connectivity index (χ1v) is 7.67. The number of amides is 5. The first kappa shape index (κ1) is 19.1. The van der Waals surface area contributed by atoms with Gasteiger partial charge in [0.1, 0.15) is 18.1 Å². The molecule has 11 heteroatoms. The number of hydrogen-bond acceptors (Lipinski definition) is 4. The van der Waals surface area contributed by atoms with Crippen LogP contribution in [-0.4, -0.2) is 24.5 Å². The van der Waals surface area contributed by atoms with Crippen molar-refractivity contribution in [2.24, 2.45) is 0 Å². The largest absolute Gasteiger partial charge is 0.467 e. The summed E-state index contributed by atoms with van der Waals surface area (Å²) in [6.07, 6.45) is 1.47. The highest BCUT2D eigenvalue weighted by Crippen LogP contribution is 2.18. The van der Waals surface area contributed by atoms with Gasteiger partial charge in [0.2, 0.25) is 0 Å². The molecular formula is C15H15ClFN5O4. The van der Waals surface area contributed by atoms with Gasteiger partial charge in [0.15, 0.2) is 0 Å². The Morgan fingerprint density at radius 2 is 1.88 bits per heavy atom. The van der Waals surface area contributed by atoms with E-state index in [1.807, 2.05) is 0 Å². The quantitative estimate of drug-likeness (QED) is 0.504. The van der Waals surface area contributed by atoms with E-state index in [0.29, 0.717) is 5.76 Å². The SMILES string of the molecule is O=C(CNC(=O)NCc1ccco1)NNC(=O)Nc1ccc(F)c(Cl)c1. The second-order valence-electron chi connectivity index (χ2n) is 4.87. The van der Waals surface area contributed by atoms with Crippen molar-refractivity contribution in [3.05, 3.63) is 53.2 Å². The van der Waals surface area contributed by atoms with Gasteiger partial charge in [-0.25, -0.2) is 19.4 Å². The molecule has 2 aromatic rings. The van der Waals surface area contributed by atoms with Crippen LogP contribution in [0.4, 0.5) is 19.7 Å². The Hall–Kier alpha value is -3.27. The van der Waals surface area contributed by atoms with Crippen molar-refractivity contribution < 1.29 is 23.2 Å². The average molecular weight is 384 g/mol. The Morgan fingerprint density at radius 3 is 2.58 bits per heavy atom. The number of benzene rings is 1. The zero-order valence-electron chi connectivity index (χ0n) is 13.3. The molecule has 138 valence electrons. The van der Waals surface area contributed by atoms with Crippen molar-refractivity contribution in [2.45, 2.75) is 6.54 Å². The Bertz CT molecular complexity index is 784. The van der Waals surface area contributed by atoms with Crippen LogP contribution in [0.1, 0.15) is 5.76 Å². The fraction of sp³-hybridized carbons (Fsp3) is 0.133. The zero-order chi connectivity index (χ0) is 18.9. The molecule has 0 bridgehead atoms. The molecule has 5 amide bonds. The van der Waals surface area contributed by atoms with Gasteiger partial charge in [-0.1, -0.05) is 11.6 Å². The molecule has 0 fully saturated rings. The van der Waals surface area contributed by atoms with Crippen LogP contribution >= 0.6 is 11.6 Å². The van der Waals surface area contributed by atoms with Gasteiger partial charge < -0.3 is 20.4 Å². The lowest BCUT2D eigenvalue weighted by molar-refractivity contribution is -0.120. The highest BCUT2D eigenvalue weighted by Gasteiger charge is 2.08. The number of rotatable bonds is 5. The van der Waals surface area contributed by atoms with E-state index in [0.717, 1.165) is 6.07 Å². The van der Waals surface area contributed by atoms with Crippen molar-refractivity contribution >= 4 is 35.3 Å². The van der Waals surface area contributed by atoms with Gasteiger partial charge in [-0.3, -0.25) is 10.2 Å². The maximum absolute atomic E-state index is 13.0. The van der Waals surface area contributed by atoms with Crippen LogP contribution in [0.5, 0.6) is 0 Å².